The normalized spacial score (nSPS) is 12.0. The van der Waals surface area contributed by atoms with Crippen molar-refractivity contribution >= 4 is 11.9 Å². The van der Waals surface area contributed by atoms with E-state index in [0.717, 1.165) is 0 Å². The van der Waals surface area contributed by atoms with Gasteiger partial charge in [0.1, 0.15) is 18.7 Å². The summed E-state index contributed by atoms with van der Waals surface area (Å²) in [6.45, 7) is 0. The molecular formula is C11H12N4O4. The number of amides is 1. The Morgan fingerprint density at radius 2 is 2.37 bits per heavy atom. The Kier molecular flexibility index (Phi) is 3.91. The van der Waals surface area contributed by atoms with Gasteiger partial charge in [-0.2, -0.15) is 0 Å². The molecule has 0 aliphatic carbocycles. The van der Waals surface area contributed by atoms with Crippen LogP contribution in [0.15, 0.2) is 29.4 Å². The fourth-order valence-corrected chi connectivity index (χ4v) is 1.54. The standard InChI is InChI=1S/C11H12N4O4/c16-9(4-10-13-1-2-19-10)15-8(11(17)18)3-7-5-12-6-14-7/h1-2,5-6,8H,3-4H2,(H,12,14)(H,15,16)(H,17,18)/t8-/m0/s1. The van der Waals surface area contributed by atoms with E-state index >= 15 is 0 Å². The van der Waals surface area contributed by atoms with Crippen LogP contribution in [0.25, 0.3) is 0 Å². The summed E-state index contributed by atoms with van der Waals surface area (Å²) in [4.78, 5) is 33.1. The van der Waals surface area contributed by atoms with Crippen LogP contribution < -0.4 is 5.32 Å². The lowest BCUT2D eigenvalue weighted by atomic mass is 10.1. The number of H-pyrrole nitrogens is 1. The molecule has 100 valence electrons. The molecule has 1 atom stereocenters. The molecule has 3 N–H and O–H groups in total. The van der Waals surface area contributed by atoms with E-state index in [1.54, 1.807) is 0 Å². The van der Waals surface area contributed by atoms with Crippen LogP contribution in [0.2, 0.25) is 0 Å². The monoisotopic (exact) mass is 264 g/mol. The highest BCUT2D eigenvalue weighted by Crippen LogP contribution is 2.01. The summed E-state index contributed by atoms with van der Waals surface area (Å²) < 4.78 is 4.92. The van der Waals surface area contributed by atoms with Crippen LogP contribution in [0.3, 0.4) is 0 Å². The van der Waals surface area contributed by atoms with Gasteiger partial charge in [-0.1, -0.05) is 0 Å². The number of nitrogens with zero attached hydrogens (tertiary/aromatic N) is 2. The van der Waals surface area contributed by atoms with Crippen molar-refractivity contribution in [2.75, 3.05) is 0 Å². The molecular weight excluding hydrogens is 252 g/mol. The van der Waals surface area contributed by atoms with Gasteiger partial charge in [0.15, 0.2) is 0 Å². The zero-order chi connectivity index (χ0) is 13.7. The van der Waals surface area contributed by atoms with E-state index < -0.39 is 17.9 Å². The lowest BCUT2D eigenvalue weighted by Gasteiger charge is -2.12. The summed E-state index contributed by atoms with van der Waals surface area (Å²) in [6.07, 6.45) is 5.76. The second-order valence-corrected chi connectivity index (χ2v) is 3.84. The van der Waals surface area contributed by atoms with Crippen molar-refractivity contribution in [2.24, 2.45) is 0 Å². The first-order chi connectivity index (χ1) is 9.15. The number of hydrogen-bond acceptors (Lipinski definition) is 5. The molecule has 0 aliphatic heterocycles. The predicted octanol–water partition coefficient (Wildman–Crippen LogP) is -0.248. The summed E-state index contributed by atoms with van der Waals surface area (Å²) >= 11 is 0. The fraction of sp³-hybridized carbons (Fsp3) is 0.273. The number of carbonyl (C=O) groups excluding carboxylic acids is 1. The molecule has 0 aliphatic rings. The van der Waals surface area contributed by atoms with Crippen LogP contribution in [0.1, 0.15) is 11.6 Å². The van der Waals surface area contributed by atoms with E-state index in [-0.39, 0.29) is 18.7 Å². The summed E-state index contributed by atoms with van der Waals surface area (Å²) in [5, 5.41) is 11.5. The number of carboxylic acids is 1. The Labute approximate surface area is 107 Å². The number of carbonyl (C=O) groups is 2. The van der Waals surface area contributed by atoms with Gasteiger partial charge in [0.2, 0.25) is 11.8 Å². The third kappa shape index (κ3) is 3.66. The van der Waals surface area contributed by atoms with Crippen LogP contribution in [0, 0.1) is 0 Å². The molecule has 0 radical (unpaired) electrons. The topological polar surface area (TPSA) is 121 Å². The highest BCUT2D eigenvalue weighted by Gasteiger charge is 2.21. The van der Waals surface area contributed by atoms with Crippen molar-refractivity contribution in [3.8, 4) is 0 Å². The second-order valence-electron chi connectivity index (χ2n) is 3.84. The first-order valence-corrected chi connectivity index (χ1v) is 5.53. The third-order valence-corrected chi connectivity index (χ3v) is 2.41. The number of aliphatic carboxylic acids is 1. The van der Waals surface area contributed by atoms with Crippen LogP contribution in [0.5, 0.6) is 0 Å². The van der Waals surface area contributed by atoms with Crippen LogP contribution in [0.4, 0.5) is 0 Å². The van der Waals surface area contributed by atoms with Crippen molar-refractivity contribution in [1.29, 1.82) is 0 Å². The molecule has 0 aromatic carbocycles. The SMILES string of the molecule is O=C(Cc1ncco1)N[C@@H](Cc1cnc[nH]1)C(=O)O. The Morgan fingerprint density at radius 3 is 2.95 bits per heavy atom. The van der Waals surface area contributed by atoms with Crippen molar-refractivity contribution in [2.45, 2.75) is 18.9 Å². The van der Waals surface area contributed by atoms with E-state index in [4.69, 9.17) is 9.52 Å². The quantitative estimate of drug-likeness (QED) is 0.661. The lowest BCUT2D eigenvalue weighted by molar-refractivity contribution is -0.141. The molecule has 19 heavy (non-hydrogen) atoms. The maximum Gasteiger partial charge on any atom is 0.326 e. The average molecular weight is 264 g/mol. The van der Waals surface area contributed by atoms with Crippen molar-refractivity contribution in [3.05, 3.63) is 36.6 Å². The van der Waals surface area contributed by atoms with E-state index in [2.05, 4.69) is 20.3 Å². The smallest absolute Gasteiger partial charge is 0.326 e. The van der Waals surface area contributed by atoms with Crippen LogP contribution in [-0.4, -0.2) is 38.0 Å². The van der Waals surface area contributed by atoms with E-state index in [9.17, 15) is 9.59 Å². The molecule has 0 spiro atoms. The van der Waals surface area contributed by atoms with Crippen LogP contribution >= 0.6 is 0 Å². The summed E-state index contributed by atoms with van der Waals surface area (Å²) in [5.41, 5.74) is 0.629. The Bertz CT molecular complexity index is 535. The number of nitrogens with one attached hydrogen (secondary N) is 2. The molecule has 0 unspecified atom stereocenters. The zero-order valence-electron chi connectivity index (χ0n) is 9.87. The third-order valence-electron chi connectivity index (χ3n) is 2.41. The summed E-state index contributed by atoms with van der Waals surface area (Å²) in [5.74, 6) is -1.34. The van der Waals surface area contributed by atoms with Crippen molar-refractivity contribution in [3.63, 3.8) is 0 Å². The highest BCUT2D eigenvalue weighted by molar-refractivity contribution is 5.84. The summed E-state index contributed by atoms with van der Waals surface area (Å²) in [7, 11) is 0. The minimum Gasteiger partial charge on any atom is -0.480 e. The molecule has 0 fully saturated rings. The number of aromatic nitrogens is 3. The molecule has 0 bridgehead atoms. The minimum absolute atomic E-state index is 0.0975. The molecule has 8 nitrogen and oxygen atoms in total. The highest BCUT2D eigenvalue weighted by atomic mass is 16.4. The van der Waals surface area contributed by atoms with Gasteiger partial charge in [-0.3, -0.25) is 4.79 Å². The maximum atomic E-state index is 11.7. The van der Waals surface area contributed by atoms with Gasteiger partial charge in [0, 0.05) is 18.3 Å². The van der Waals surface area contributed by atoms with Gasteiger partial charge in [0.05, 0.1) is 12.5 Å². The summed E-state index contributed by atoms with van der Waals surface area (Å²) in [6, 6.07) is -1.03. The molecule has 2 heterocycles. The Hall–Kier alpha value is -2.64. The molecule has 2 aromatic heterocycles. The number of hydrogen-bond donors (Lipinski definition) is 3. The zero-order valence-corrected chi connectivity index (χ0v) is 9.87. The Balaban J connectivity index is 1.93. The molecule has 1 amide bonds. The van der Waals surface area contributed by atoms with Gasteiger partial charge < -0.3 is 19.8 Å². The van der Waals surface area contributed by atoms with Gasteiger partial charge >= 0.3 is 5.97 Å². The van der Waals surface area contributed by atoms with E-state index in [0.29, 0.717) is 5.69 Å². The predicted molar refractivity (Wildman–Crippen MR) is 62.1 cm³/mol. The van der Waals surface area contributed by atoms with Crippen LogP contribution in [-0.2, 0) is 22.4 Å². The van der Waals surface area contributed by atoms with Gasteiger partial charge in [0.25, 0.3) is 0 Å². The average Bonchev–Trinajstić information content (AvgIpc) is 3.00. The van der Waals surface area contributed by atoms with Gasteiger partial charge in [-0.15, -0.1) is 0 Å². The molecule has 0 saturated carbocycles. The lowest BCUT2D eigenvalue weighted by Crippen LogP contribution is -2.43. The van der Waals surface area contributed by atoms with Crippen molar-refractivity contribution in [1.82, 2.24) is 20.3 Å². The molecule has 8 heteroatoms. The van der Waals surface area contributed by atoms with Gasteiger partial charge in [-0.25, -0.2) is 14.8 Å². The van der Waals surface area contributed by atoms with Crippen molar-refractivity contribution < 1.29 is 19.1 Å². The number of rotatable bonds is 6. The number of carboxylic acid groups (broad SMARTS) is 1. The fourth-order valence-electron chi connectivity index (χ4n) is 1.54. The number of oxazole rings is 1. The molecule has 2 rings (SSSR count). The minimum atomic E-state index is -1.12. The Morgan fingerprint density at radius 1 is 1.53 bits per heavy atom. The molecule has 0 saturated heterocycles. The maximum absolute atomic E-state index is 11.7. The van der Waals surface area contributed by atoms with Gasteiger partial charge in [-0.05, 0) is 0 Å². The number of imidazole rings is 1. The van der Waals surface area contributed by atoms with E-state index in [1.807, 2.05) is 0 Å². The van der Waals surface area contributed by atoms with E-state index in [1.165, 1.54) is 25.0 Å². The second kappa shape index (κ2) is 5.80. The first kappa shape index (κ1) is 12.8. The molecule has 2 aromatic rings. The number of aromatic amines is 1. The first-order valence-electron chi connectivity index (χ1n) is 5.53. The largest absolute Gasteiger partial charge is 0.480 e.